The molecule has 0 aliphatic carbocycles. The maximum atomic E-state index is 11.9. The third-order valence-electron chi connectivity index (χ3n) is 3.24. The number of carbonyl (C=O) groups excluding carboxylic acids is 3. The van der Waals surface area contributed by atoms with E-state index in [4.69, 9.17) is 24.5 Å². The number of nitrogens with zero attached hydrogens (tertiary/aromatic N) is 1. The van der Waals surface area contributed by atoms with Gasteiger partial charge in [-0.25, -0.2) is 4.79 Å². The first-order chi connectivity index (χ1) is 11.6. The highest BCUT2D eigenvalue weighted by Gasteiger charge is 2.33. The Bertz CT molecular complexity index is 386. The van der Waals surface area contributed by atoms with Crippen molar-refractivity contribution in [3.8, 4) is 0 Å². The zero-order chi connectivity index (χ0) is 17.8. The Labute approximate surface area is 140 Å². The fraction of sp³-hybridized carbons (Fsp3) is 0.800. The van der Waals surface area contributed by atoms with Crippen molar-refractivity contribution in [2.75, 3.05) is 26.4 Å². The van der Waals surface area contributed by atoms with Crippen LogP contribution in [0.1, 0.15) is 44.9 Å². The van der Waals surface area contributed by atoms with Crippen molar-refractivity contribution in [1.82, 2.24) is 5.06 Å². The largest absolute Gasteiger partial charge is 0.396 e. The van der Waals surface area contributed by atoms with Gasteiger partial charge in [0.25, 0.3) is 11.8 Å². The van der Waals surface area contributed by atoms with E-state index in [-0.39, 0.29) is 32.5 Å². The number of imide groups is 1. The average molecular weight is 347 g/mol. The lowest BCUT2D eigenvalue weighted by atomic mass is 10.3. The van der Waals surface area contributed by atoms with Crippen molar-refractivity contribution in [1.29, 1.82) is 0 Å². The average Bonchev–Trinajstić information content (AvgIpc) is 2.87. The molecule has 0 unspecified atom stereocenters. The molecule has 0 aromatic carbocycles. The van der Waals surface area contributed by atoms with Gasteiger partial charge in [0, 0.05) is 39.3 Å². The monoisotopic (exact) mass is 347 g/mol. The van der Waals surface area contributed by atoms with E-state index in [1.165, 1.54) is 0 Å². The second-order valence-corrected chi connectivity index (χ2v) is 5.28. The highest BCUT2D eigenvalue weighted by atomic mass is 16.7. The molecule has 0 spiro atoms. The number of carbonyl (C=O) groups is 3. The summed E-state index contributed by atoms with van der Waals surface area (Å²) in [6.07, 6.45) is 1.26. The Balaban J connectivity index is 2.40. The summed E-state index contributed by atoms with van der Waals surface area (Å²) in [5, 5.41) is 17.9. The Kier molecular flexibility index (Phi) is 10.2. The van der Waals surface area contributed by atoms with Crippen LogP contribution in [0.2, 0.25) is 0 Å². The number of rotatable bonds is 13. The van der Waals surface area contributed by atoms with Crippen molar-refractivity contribution in [2.24, 2.45) is 0 Å². The standard InChI is InChI=1S/C15H25NO8/c17-7-1-3-9-22-15(23-10-4-2-8-18)11-14(21)24-16-12(19)5-6-13(16)20/h15,17-18H,1-11H2. The van der Waals surface area contributed by atoms with Gasteiger partial charge in [-0.3, -0.25) is 9.59 Å². The first-order valence-electron chi connectivity index (χ1n) is 8.10. The number of hydrogen-bond acceptors (Lipinski definition) is 8. The molecule has 0 radical (unpaired) electrons. The van der Waals surface area contributed by atoms with Crippen LogP contribution in [0.3, 0.4) is 0 Å². The minimum Gasteiger partial charge on any atom is -0.396 e. The summed E-state index contributed by atoms with van der Waals surface area (Å²) in [6, 6.07) is 0. The molecule has 0 atom stereocenters. The van der Waals surface area contributed by atoms with Crippen LogP contribution in [0, 0.1) is 0 Å². The van der Waals surface area contributed by atoms with E-state index in [1.807, 2.05) is 0 Å². The molecule has 2 amide bonds. The second-order valence-electron chi connectivity index (χ2n) is 5.28. The lowest BCUT2D eigenvalue weighted by Gasteiger charge is -2.19. The fourth-order valence-corrected chi connectivity index (χ4v) is 1.96. The van der Waals surface area contributed by atoms with E-state index >= 15 is 0 Å². The van der Waals surface area contributed by atoms with E-state index < -0.39 is 24.1 Å². The second kappa shape index (κ2) is 11.9. The number of ether oxygens (including phenoxy) is 2. The summed E-state index contributed by atoms with van der Waals surface area (Å²) in [4.78, 5) is 39.5. The number of aliphatic hydroxyl groups excluding tert-OH is 2. The molecule has 0 saturated carbocycles. The molecule has 1 aliphatic rings. The Hall–Kier alpha value is -1.55. The predicted octanol–water partition coefficient (Wildman–Crippen LogP) is -0.112. The summed E-state index contributed by atoms with van der Waals surface area (Å²) < 4.78 is 10.9. The van der Waals surface area contributed by atoms with Crippen LogP contribution in [-0.2, 0) is 28.7 Å². The Morgan fingerprint density at radius 2 is 1.46 bits per heavy atom. The zero-order valence-corrected chi connectivity index (χ0v) is 13.6. The van der Waals surface area contributed by atoms with Gasteiger partial charge in [-0.2, -0.15) is 0 Å². The maximum Gasteiger partial charge on any atom is 0.338 e. The van der Waals surface area contributed by atoms with Crippen molar-refractivity contribution in [3.63, 3.8) is 0 Å². The summed E-state index contributed by atoms with van der Waals surface area (Å²) in [6.45, 7) is 0.680. The van der Waals surface area contributed by atoms with Crippen LogP contribution < -0.4 is 0 Å². The molecule has 9 nitrogen and oxygen atoms in total. The molecule has 138 valence electrons. The summed E-state index contributed by atoms with van der Waals surface area (Å²) >= 11 is 0. The molecule has 1 heterocycles. The molecule has 0 bridgehead atoms. The van der Waals surface area contributed by atoms with Gasteiger partial charge >= 0.3 is 5.97 Å². The lowest BCUT2D eigenvalue weighted by Crippen LogP contribution is -2.34. The number of unbranched alkanes of at least 4 members (excludes halogenated alkanes) is 2. The van der Waals surface area contributed by atoms with Crippen LogP contribution in [0.5, 0.6) is 0 Å². The van der Waals surface area contributed by atoms with Crippen molar-refractivity contribution < 1.29 is 38.9 Å². The van der Waals surface area contributed by atoms with E-state index in [0.717, 1.165) is 0 Å². The number of hydrogen-bond donors (Lipinski definition) is 2. The highest BCUT2D eigenvalue weighted by molar-refractivity contribution is 6.01. The van der Waals surface area contributed by atoms with Gasteiger partial charge in [0.05, 0.1) is 6.42 Å². The predicted molar refractivity (Wildman–Crippen MR) is 80.1 cm³/mol. The fourth-order valence-electron chi connectivity index (χ4n) is 1.96. The molecule has 0 aromatic rings. The molecule has 2 N–H and O–H groups in total. The van der Waals surface area contributed by atoms with Crippen LogP contribution in [0.4, 0.5) is 0 Å². The molecule has 0 aromatic heterocycles. The van der Waals surface area contributed by atoms with Crippen molar-refractivity contribution >= 4 is 17.8 Å². The third-order valence-corrected chi connectivity index (χ3v) is 3.24. The smallest absolute Gasteiger partial charge is 0.338 e. The van der Waals surface area contributed by atoms with E-state index in [0.29, 0.717) is 44.0 Å². The van der Waals surface area contributed by atoms with Crippen molar-refractivity contribution in [3.05, 3.63) is 0 Å². The van der Waals surface area contributed by atoms with Gasteiger partial charge in [0.1, 0.15) is 0 Å². The van der Waals surface area contributed by atoms with Gasteiger partial charge < -0.3 is 24.5 Å². The molecule has 9 heteroatoms. The molecule has 24 heavy (non-hydrogen) atoms. The molecular weight excluding hydrogens is 322 g/mol. The van der Waals surface area contributed by atoms with Gasteiger partial charge in [-0.05, 0) is 25.7 Å². The molecule has 1 rings (SSSR count). The van der Waals surface area contributed by atoms with Gasteiger partial charge in [-0.15, -0.1) is 5.06 Å². The normalized spacial score (nSPS) is 14.7. The summed E-state index contributed by atoms with van der Waals surface area (Å²) in [5.41, 5.74) is 0. The Morgan fingerprint density at radius 1 is 0.958 bits per heavy atom. The molecular formula is C15H25NO8. The first kappa shape index (κ1) is 20.5. The van der Waals surface area contributed by atoms with E-state index in [9.17, 15) is 14.4 Å². The minimum absolute atomic E-state index is 0.0326. The molecule has 1 fully saturated rings. The Morgan fingerprint density at radius 3 is 1.92 bits per heavy atom. The third kappa shape index (κ3) is 7.82. The first-order valence-corrected chi connectivity index (χ1v) is 8.10. The SMILES string of the molecule is O=C(CC(OCCCCO)OCCCCO)ON1C(=O)CCC1=O. The van der Waals surface area contributed by atoms with Crippen LogP contribution in [0.15, 0.2) is 0 Å². The highest BCUT2D eigenvalue weighted by Crippen LogP contribution is 2.14. The number of amides is 2. The minimum atomic E-state index is -0.873. The van der Waals surface area contributed by atoms with Gasteiger partial charge in [0.2, 0.25) is 0 Å². The van der Waals surface area contributed by atoms with Gasteiger partial charge in [0.15, 0.2) is 6.29 Å². The van der Waals surface area contributed by atoms with Crippen LogP contribution in [-0.4, -0.2) is 65.8 Å². The lowest BCUT2D eigenvalue weighted by molar-refractivity contribution is -0.207. The topological polar surface area (TPSA) is 123 Å². The quantitative estimate of drug-likeness (QED) is 0.269. The van der Waals surface area contributed by atoms with E-state index in [2.05, 4.69) is 0 Å². The summed E-state index contributed by atoms with van der Waals surface area (Å²) in [5.74, 6) is -1.89. The molecule has 1 aliphatic heterocycles. The van der Waals surface area contributed by atoms with Crippen LogP contribution in [0.25, 0.3) is 0 Å². The molecule has 1 saturated heterocycles. The van der Waals surface area contributed by atoms with Crippen molar-refractivity contribution in [2.45, 2.75) is 51.2 Å². The van der Waals surface area contributed by atoms with Gasteiger partial charge in [-0.1, -0.05) is 0 Å². The van der Waals surface area contributed by atoms with Crippen LogP contribution >= 0.6 is 0 Å². The maximum absolute atomic E-state index is 11.9. The summed E-state index contributed by atoms with van der Waals surface area (Å²) in [7, 11) is 0. The number of aliphatic hydroxyl groups is 2. The van der Waals surface area contributed by atoms with E-state index in [1.54, 1.807) is 0 Å². The zero-order valence-electron chi connectivity index (χ0n) is 13.6. The number of hydroxylamine groups is 2.